The van der Waals surface area contributed by atoms with Crippen molar-refractivity contribution in [2.45, 2.75) is 0 Å². The summed E-state index contributed by atoms with van der Waals surface area (Å²) in [6.45, 7) is 0. The van der Waals surface area contributed by atoms with Gasteiger partial charge < -0.3 is 4.74 Å². The Labute approximate surface area is 130 Å². The first kappa shape index (κ1) is 13.8. The van der Waals surface area contributed by atoms with Gasteiger partial charge in [-0.25, -0.2) is 0 Å². The van der Waals surface area contributed by atoms with Crippen LogP contribution >= 0.6 is 15.9 Å². The van der Waals surface area contributed by atoms with Gasteiger partial charge in [0, 0.05) is 21.8 Å². The SMILES string of the molecule is COc1cncc(C(=O)c2ccc3cc(Br)ccc3c2)c1. The van der Waals surface area contributed by atoms with E-state index in [4.69, 9.17) is 4.74 Å². The molecule has 0 radical (unpaired) electrons. The molecule has 1 aromatic heterocycles. The molecule has 0 amide bonds. The highest BCUT2D eigenvalue weighted by Gasteiger charge is 2.11. The highest BCUT2D eigenvalue weighted by Crippen LogP contribution is 2.22. The topological polar surface area (TPSA) is 39.2 Å². The van der Waals surface area contributed by atoms with Crippen molar-refractivity contribution in [2.75, 3.05) is 7.11 Å². The predicted molar refractivity (Wildman–Crippen MR) is 85.9 cm³/mol. The highest BCUT2D eigenvalue weighted by atomic mass is 79.9. The molecule has 21 heavy (non-hydrogen) atoms. The molecule has 3 rings (SSSR count). The molecule has 0 atom stereocenters. The molecule has 0 unspecified atom stereocenters. The van der Waals surface area contributed by atoms with Crippen LogP contribution in [0, 0.1) is 0 Å². The summed E-state index contributed by atoms with van der Waals surface area (Å²) in [6.07, 6.45) is 3.13. The molecule has 3 nitrogen and oxygen atoms in total. The van der Waals surface area contributed by atoms with E-state index in [9.17, 15) is 4.79 Å². The van der Waals surface area contributed by atoms with E-state index in [-0.39, 0.29) is 5.78 Å². The number of rotatable bonds is 3. The van der Waals surface area contributed by atoms with Crippen LogP contribution in [0.2, 0.25) is 0 Å². The van der Waals surface area contributed by atoms with Crippen LogP contribution in [0.1, 0.15) is 15.9 Å². The number of hydrogen-bond donors (Lipinski definition) is 0. The third kappa shape index (κ3) is 2.81. The smallest absolute Gasteiger partial charge is 0.194 e. The molecular formula is C17H12BrNO2. The quantitative estimate of drug-likeness (QED) is 0.669. The number of pyridine rings is 1. The molecule has 0 aliphatic heterocycles. The van der Waals surface area contributed by atoms with Gasteiger partial charge in [0.25, 0.3) is 0 Å². The summed E-state index contributed by atoms with van der Waals surface area (Å²) in [5, 5.41) is 2.12. The second-order valence-corrected chi connectivity index (χ2v) is 5.56. The van der Waals surface area contributed by atoms with Crippen LogP contribution in [0.15, 0.2) is 59.3 Å². The first-order valence-corrected chi connectivity index (χ1v) is 7.20. The minimum Gasteiger partial charge on any atom is -0.495 e. The van der Waals surface area contributed by atoms with Crippen molar-refractivity contribution in [3.05, 3.63) is 70.5 Å². The molecule has 0 aliphatic carbocycles. The highest BCUT2D eigenvalue weighted by molar-refractivity contribution is 9.10. The Morgan fingerprint density at radius 3 is 2.57 bits per heavy atom. The number of ether oxygens (including phenoxy) is 1. The molecular weight excluding hydrogens is 330 g/mol. The number of aromatic nitrogens is 1. The number of hydrogen-bond acceptors (Lipinski definition) is 3. The van der Waals surface area contributed by atoms with Crippen molar-refractivity contribution in [1.29, 1.82) is 0 Å². The van der Waals surface area contributed by atoms with Gasteiger partial charge in [0.15, 0.2) is 5.78 Å². The first-order chi connectivity index (χ1) is 10.2. The molecule has 3 aromatic rings. The van der Waals surface area contributed by atoms with Gasteiger partial charge in [0.2, 0.25) is 0 Å². The lowest BCUT2D eigenvalue weighted by Gasteiger charge is -2.05. The number of nitrogens with zero attached hydrogens (tertiary/aromatic N) is 1. The molecule has 0 bridgehead atoms. The average molecular weight is 342 g/mol. The normalized spacial score (nSPS) is 10.6. The first-order valence-electron chi connectivity index (χ1n) is 6.40. The third-order valence-electron chi connectivity index (χ3n) is 3.28. The molecule has 0 saturated heterocycles. The number of carbonyl (C=O) groups excluding carboxylic acids is 1. The minimum absolute atomic E-state index is 0.0637. The van der Waals surface area contributed by atoms with Crippen LogP contribution in [0.4, 0.5) is 0 Å². The number of ketones is 1. The van der Waals surface area contributed by atoms with Crippen molar-refractivity contribution in [3.63, 3.8) is 0 Å². The van der Waals surface area contributed by atoms with Crippen molar-refractivity contribution in [3.8, 4) is 5.75 Å². The van der Waals surface area contributed by atoms with E-state index in [2.05, 4.69) is 20.9 Å². The van der Waals surface area contributed by atoms with Gasteiger partial charge in [-0.1, -0.05) is 34.1 Å². The Balaban J connectivity index is 2.02. The molecule has 1 heterocycles. The number of carbonyl (C=O) groups is 1. The summed E-state index contributed by atoms with van der Waals surface area (Å²) < 4.78 is 6.12. The summed E-state index contributed by atoms with van der Waals surface area (Å²) in [5.74, 6) is 0.511. The number of benzene rings is 2. The summed E-state index contributed by atoms with van der Waals surface area (Å²) in [6, 6.07) is 13.3. The molecule has 0 fully saturated rings. The second-order valence-electron chi connectivity index (χ2n) is 4.65. The molecule has 4 heteroatoms. The Hall–Kier alpha value is -2.20. The van der Waals surface area contributed by atoms with E-state index >= 15 is 0 Å². The van der Waals surface area contributed by atoms with Crippen molar-refractivity contribution >= 4 is 32.5 Å². The largest absolute Gasteiger partial charge is 0.495 e. The van der Waals surface area contributed by atoms with Crippen molar-refractivity contribution in [2.24, 2.45) is 0 Å². The maximum absolute atomic E-state index is 12.5. The van der Waals surface area contributed by atoms with Gasteiger partial charge in [-0.05, 0) is 35.0 Å². The summed E-state index contributed by atoms with van der Waals surface area (Å²) in [5.41, 5.74) is 1.16. The monoisotopic (exact) mass is 341 g/mol. The van der Waals surface area contributed by atoms with Crippen molar-refractivity contribution < 1.29 is 9.53 Å². The van der Waals surface area contributed by atoms with Crippen LogP contribution in [0.3, 0.4) is 0 Å². The van der Waals surface area contributed by atoms with Gasteiger partial charge in [0.1, 0.15) is 5.75 Å². The second kappa shape index (κ2) is 5.66. The Bertz CT molecular complexity index is 830. The average Bonchev–Trinajstić information content (AvgIpc) is 2.53. The van der Waals surface area contributed by atoms with Crippen molar-refractivity contribution in [1.82, 2.24) is 4.98 Å². The molecule has 0 N–H and O–H groups in total. The Morgan fingerprint density at radius 1 is 1.00 bits per heavy atom. The van der Waals surface area contributed by atoms with E-state index in [0.29, 0.717) is 16.9 Å². The fraction of sp³-hybridized carbons (Fsp3) is 0.0588. The number of fused-ring (bicyclic) bond motifs is 1. The maximum atomic E-state index is 12.5. The van der Waals surface area contributed by atoms with Gasteiger partial charge in [-0.3, -0.25) is 9.78 Å². The molecule has 0 aliphatic rings. The van der Waals surface area contributed by atoms with Gasteiger partial charge in [-0.2, -0.15) is 0 Å². The number of halogens is 1. The van der Waals surface area contributed by atoms with E-state index in [1.54, 1.807) is 25.6 Å². The van der Waals surface area contributed by atoms with E-state index in [1.165, 1.54) is 0 Å². The Kier molecular flexibility index (Phi) is 3.71. The van der Waals surface area contributed by atoms with Crippen LogP contribution in [0.5, 0.6) is 5.75 Å². The molecule has 2 aromatic carbocycles. The van der Waals surface area contributed by atoms with Gasteiger partial charge in [0.05, 0.1) is 13.3 Å². The lowest BCUT2D eigenvalue weighted by Crippen LogP contribution is -2.02. The fourth-order valence-corrected chi connectivity index (χ4v) is 2.56. The zero-order valence-electron chi connectivity index (χ0n) is 11.3. The standard InChI is InChI=1S/C17H12BrNO2/c1-21-16-8-14(9-19-10-16)17(20)13-3-2-12-7-15(18)5-4-11(12)6-13/h2-10H,1H3. The van der Waals surface area contributed by atoms with E-state index < -0.39 is 0 Å². The molecule has 0 spiro atoms. The summed E-state index contributed by atoms with van der Waals surface area (Å²) in [4.78, 5) is 16.5. The third-order valence-corrected chi connectivity index (χ3v) is 3.77. The van der Waals surface area contributed by atoms with Gasteiger partial charge in [-0.15, -0.1) is 0 Å². The van der Waals surface area contributed by atoms with Crippen LogP contribution in [-0.4, -0.2) is 17.9 Å². The van der Waals surface area contributed by atoms with E-state index in [0.717, 1.165) is 15.2 Å². The van der Waals surface area contributed by atoms with E-state index in [1.807, 2.05) is 36.4 Å². The zero-order valence-corrected chi connectivity index (χ0v) is 12.9. The summed E-state index contributed by atoms with van der Waals surface area (Å²) >= 11 is 3.44. The predicted octanol–water partition coefficient (Wildman–Crippen LogP) is 4.24. The molecule has 104 valence electrons. The number of methoxy groups -OCH3 is 1. The minimum atomic E-state index is -0.0637. The lowest BCUT2D eigenvalue weighted by atomic mass is 10.0. The van der Waals surface area contributed by atoms with Crippen LogP contribution in [-0.2, 0) is 0 Å². The fourth-order valence-electron chi connectivity index (χ4n) is 2.18. The molecule has 0 saturated carbocycles. The van der Waals surface area contributed by atoms with Crippen LogP contribution < -0.4 is 4.74 Å². The Morgan fingerprint density at radius 2 is 1.76 bits per heavy atom. The zero-order chi connectivity index (χ0) is 14.8. The summed E-state index contributed by atoms with van der Waals surface area (Å²) in [7, 11) is 1.55. The van der Waals surface area contributed by atoms with Crippen LogP contribution in [0.25, 0.3) is 10.8 Å². The lowest BCUT2D eigenvalue weighted by molar-refractivity contribution is 0.103. The van der Waals surface area contributed by atoms with Gasteiger partial charge >= 0.3 is 0 Å². The maximum Gasteiger partial charge on any atom is 0.194 e.